The smallest absolute Gasteiger partial charge is 0.271 e. The van der Waals surface area contributed by atoms with Gasteiger partial charge in [0.2, 0.25) is 0 Å². The molecule has 2 heterocycles. The first-order valence-electron chi connectivity index (χ1n) is 7.26. The molecule has 1 amide bonds. The third-order valence-corrected chi connectivity index (χ3v) is 4.75. The lowest BCUT2D eigenvalue weighted by Gasteiger charge is -2.29. The van der Waals surface area contributed by atoms with Crippen LogP contribution in [0.15, 0.2) is 35.7 Å². The number of amides is 1. The van der Waals surface area contributed by atoms with E-state index in [-0.39, 0.29) is 11.9 Å². The molecule has 1 aliphatic heterocycles. The van der Waals surface area contributed by atoms with Gasteiger partial charge in [-0.3, -0.25) is 4.79 Å². The van der Waals surface area contributed by atoms with Crippen molar-refractivity contribution in [3.8, 4) is 10.6 Å². The number of hydrogen-bond acceptors (Lipinski definition) is 4. The van der Waals surface area contributed by atoms with Crippen molar-refractivity contribution < 1.29 is 4.79 Å². The second-order valence-electron chi connectivity index (χ2n) is 5.45. The summed E-state index contributed by atoms with van der Waals surface area (Å²) in [6, 6.07) is 10.2. The van der Waals surface area contributed by atoms with Crippen LogP contribution in [0.4, 0.5) is 0 Å². The summed E-state index contributed by atoms with van der Waals surface area (Å²) in [4.78, 5) is 16.8. The van der Waals surface area contributed by atoms with Crippen molar-refractivity contribution in [2.45, 2.75) is 19.4 Å². The number of aromatic nitrogens is 1. The minimum atomic E-state index is -0.0628. The van der Waals surface area contributed by atoms with Crippen LogP contribution in [-0.2, 0) is 0 Å². The molecule has 1 fully saturated rings. The van der Waals surface area contributed by atoms with E-state index in [0.717, 1.165) is 30.1 Å². The highest BCUT2D eigenvalue weighted by Crippen LogP contribution is 2.23. The molecule has 3 rings (SSSR count). The zero-order valence-corrected chi connectivity index (χ0v) is 12.8. The van der Waals surface area contributed by atoms with E-state index in [2.05, 4.69) is 22.5 Å². The first-order chi connectivity index (χ1) is 10.2. The number of benzene rings is 1. The summed E-state index contributed by atoms with van der Waals surface area (Å²) < 4.78 is 0. The Morgan fingerprint density at radius 3 is 2.95 bits per heavy atom. The Labute approximate surface area is 128 Å². The van der Waals surface area contributed by atoms with E-state index in [1.54, 1.807) is 0 Å². The zero-order chi connectivity index (χ0) is 14.7. The predicted molar refractivity (Wildman–Crippen MR) is 85.5 cm³/mol. The lowest BCUT2D eigenvalue weighted by molar-refractivity contribution is 0.0910. The summed E-state index contributed by atoms with van der Waals surface area (Å²) in [5.41, 5.74) is 1.57. The highest BCUT2D eigenvalue weighted by Gasteiger charge is 2.24. The third-order valence-electron chi connectivity index (χ3n) is 3.86. The number of hydrogen-bond donors (Lipinski definition) is 2. The summed E-state index contributed by atoms with van der Waals surface area (Å²) in [6.07, 6.45) is 0.975. The number of nitrogens with one attached hydrogen (secondary N) is 2. The van der Waals surface area contributed by atoms with Crippen LogP contribution in [0.3, 0.4) is 0 Å². The molecule has 110 valence electrons. The van der Waals surface area contributed by atoms with Crippen LogP contribution in [0.2, 0.25) is 0 Å². The fraction of sp³-hybridized carbons (Fsp3) is 0.375. The van der Waals surface area contributed by atoms with Crippen molar-refractivity contribution in [3.05, 3.63) is 41.4 Å². The van der Waals surface area contributed by atoms with Gasteiger partial charge in [-0.1, -0.05) is 37.3 Å². The number of rotatable bonds is 3. The average Bonchev–Trinajstić information content (AvgIpc) is 3.00. The zero-order valence-electron chi connectivity index (χ0n) is 12.0. The Morgan fingerprint density at radius 1 is 1.38 bits per heavy atom. The molecule has 2 unspecified atom stereocenters. The van der Waals surface area contributed by atoms with Gasteiger partial charge in [0.25, 0.3) is 5.91 Å². The molecular weight excluding hydrogens is 282 g/mol. The van der Waals surface area contributed by atoms with Crippen LogP contribution >= 0.6 is 11.3 Å². The molecule has 0 radical (unpaired) electrons. The van der Waals surface area contributed by atoms with Gasteiger partial charge in [-0.25, -0.2) is 4.98 Å². The van der Waals surface area contributed by atoms with E-state index in [9.17, 15) is 4.79 Å². The normalized spacial score (nSPS) is 22.0. The van der Waals surface area contributed by atoms with Crippen molar-refractivity contribution in [1.82, 2.24) is 15.6 Å². The molecule has 2 aromatic rings. The maximum Gasteiger partial charge on any atom is 0.271 e. The van der Waals surface area contributed by atoms with E-state index >= 15 is 0 Å². The summed E-state index contributed by atoms with van der Waals surface area (Å²) in [6.45, 7) is 4.08. The van der Waals surface area contributed by atoms with E-state index in [4.69, 9.17) is 0 Å². The fourth-order valence-corrected chi connectivity index (χ4v) is 3.37. The number of thiazole rings is 1. The molecule has 4 nitrogen and oxygen atoms in total. The highest BCUT2D eigenvalue weighted by molar-refractivity contribution is 7.13. The van der Waals surface area contributed by atoms with Crippen molar-refractivity contribution in [3.63, 3.8) is 0 Å². The fourth-order valence-electron chi connectivity index (χ4n) is 2.56. The lowest BCUT2D eigenvalue weighted by atomic mass is 9.95. The standard InChI is InChI=1S/C16H19N3OS/c1-11-9-17-8-7-13(11)18-15(20)14-10-21-16(19-14)12-5-3-2-4-6-12/h2-6,10-11,13,17H,7-9H2,1H3,(H,18,20). The van der Waals surface area contributed by atoms with Gasteiger partial charge in [0.15, 0.2) is 0 Å². The van der Waals surface area contributed by atoms with Crippen LogP contribution < -0.4 is 10.6 Å². The van der Waals surface area contributed by atoms with Crippen LogP contribution in [0.1, 0.15) is 23.8 Å². The molecule has 2 atom stereocenters. The summed E-state index contributed by atoms with van der Waals surface area (Å²) in [5.74, 6) is 0.391. The first-order valence-corrected chi connectivity index (χ1v) is 8.14. The summed E-state index contributed by atoms with van der Waals surface area (Å²) in [5, 5.41) is 9.18. The average molecular weight is 301 g/mol. The second kappa shape index (κ2) is 6.37. The van der Waals surface area contributed by atoms with Gasteiger partial charge in [0, 0.05) is 17.0 Å². The molecule has 0 aliphatic carbocycles. The quantitative estimate of drug-likeness (QED) is 0.916. The number of carbonyl (C=O) groups excluding carboxylic acids is 1. The van der Waals surface area contributed by atoms with Gasteiger partial charge in [-0.05, 0) is 25.4 Å². The maximum absolute atomic E-state index is 12.3. The topological polar surface area (TPSA) is 54.0 Å². The molecule has 21 heavy (non-hydrogen) atoms. The van der Waals surface area contributed by atoms with Crippen LogP contribution in [-0.4, -0.2) is 30.0 Å². The highest BCUT2D eigenvalue weighted by atomic mass is 32.1. The molecule has 1 saturated heterocycles. The molecule has 0 bridgehead atoms. The first kappa shape index (κ1) is 14.2. The Morgan fingerprint density at radius 2 is 2.19 bits per heavy atom. The van der Waals surface area contributed by atoms with E-state index in [1.807, 2.05) is 35.7 Å². The Kier molecular flexibility index (Phi) is 4.31. The molecule has 1 aromatic carbocycles. The van der Waals surface area contributed by atoms with E-state index in [0.29, 0.717) is 11.6 Å². The molecular formula is C16H19N3OS. The predicted octanol–water partition coefficient (Wildman–Crippen LogP) is 2.54. The van der Waals surface area contributed by atoms with Gasteiger partial charge in [0.1, 0.15) is 10.7 Å². The molecule has 5 heteroatoms. The second-order valence-corrected chi connectivity index (χ2v) is 6.31. The van der Waals surface area contributed by atoms with Crippen LogP contribution in [0.25, 0.3) is 10.6 Å². The molecule has 2 N–H and O–H groups in total. The molecule has 0 saturated carbocycles. The molecule has 1 aromatic heterocycles. The van der Waals surface area contributed by atoms with Gasteiger partial charge < -0.3 is 10.6 Å². The third kappa shape index (κ3) is 3.31. The van der Waals surface area contributed by atoms with Gasteiger partial charge in [-0.15, -0.1) is 11.3 Å². The molecule has 1 aliphatic rings. The minimum Gasteiger partial charge on any atom is -0.348 e. The van der Waals surface area contributed by atoms with Crippen molar-refractivity contribution in [1.29, 1.82) is 0 Å². The molecule has 0 spiro atoms. The van der Waals surface area contributed by atoms with Crippen LogP contribution in [0.5, 0.6) is 0 Å². The SMILES string of the molecule is CC1CNCCC1NC(=O)c1csc(-c2ccccc2)n1. The summed E-state index contributed by atoms with van der Waals surface area (Å²) in [7, 11) is 0. The summed E-state index contributed by atoms with van der Waals surface area (Å²) >= 11 is 1.51. The Balaban J connectivity index is 1.69. The van der Waals surface area contributed by atoms with Crippen molar-refractivity contribution in [2.24, 2.45) is 5.92 Å². The minimum absolute atomic E-state index is 0.0628. The Bertz CT molecular complexity index is 611. The lowest BCUT2D eigenvalue weighted by Crippen LogP contribution is -2.48. The number of nitrogens with zero attached hydrogens (tertiary/aromatic N) is 1. The Hall–Kier alpha value is -1.72. The van der Waals surface area contributed by atoms with Gasteiger partial charge in [-0.2, -0.15) is 0 Å². The van der Waals surface area contributed by atoms with Gasteiger partial charge in [0.05, 0.1) is 0 Å². The monoisotopic (exact) mass is 301 g/mol. The van der Waals surface area contributed by atoms with E-state index < -0.39 is 0 Å². The van der Waals surface area contributed by atoms with Crippen LogP contribution in [0, 0.1) is 5.92 Å². The van der Waals surface area contributed by atoms with E-state index in [1.165, 1.54) is 11.3 Å². The van der Waals surface area contributed by atoms with Crippen molar-refractivity contribution in [2.75, 3.05) is 13.1 Å². The number of piperidine rings is 1. The largest absolute Gasteiger partial charge is 0.348 e. The van der Waals surface area contributed by atoms with Gasteiger partial charge >= 0.3 is 0 Å². The van der Waals surface area contributed by atoms with Crippen molar-refractivity contribution >= 4 is 17.2 Å². The number of carbonyl (C=O) groups is 1. The maximum atomic E-state index is 12.3.